The number of hydrogen-bond acceptors (Lipinski definition) is 1. The van der Waals surface area contributed by atoms with Crippen molar-refractivity contribution < 1.29 is 0 Å². The van der Waals surface area contributed by atoms with Crippen LogP contribution in [0.25, 0.3) is 0 Å². The Hall–Kier alpha value is -0.400. The van der Waals surface area contributed by atoms with Crippen LogP contribution in [-0.4, -0.2) is 14.1 Å². The molecule has 0 amide bonds. The van der Waals surface area contributed by atoms with E-state index in [9.17, 15) is 0 Å². The van der Waals surface area contributed by atoms with E-state index >= 15 is 0 Å². The van der Waals surface area contributed by atoms with Crippen molar-refractivity contribution in [3.8, 4) is 0 Å². The molecule has 0 aliphatic rings. The fraction of sp³-hybridized carbons (Fsp3) is 0.333. The van der Waals surface area contributed by atoms with Crippen LogP contribution in [0, 0.1) is 0 Å². The van der Waals surface area contributed by atoms with Gasteiger partial charge in [0, 0.05) is 30.4 Å². The minimum absolute atomic E-state index is 0.452. The first-order chi connectivity index (χ1) is 5.66. The molecule has 1 aromatic rings. The lowest BCUT2D eigenvalue weighted by Crippen LogP contribution is -2.10. The lowest BCUT2D eigenvalue weighted by Gasteiger charge is -2.16. The van der Waals surface area contributed by atoms with Crippen LogP contribution < -0.4 is 4.90 Å². The van der Waals surface area contributed by atoms with Gasteiger partial charge in [-0.15, -0.1) is 11.6 Å². The van der Waals surface area contributed by atoms with Crippen LogP contribution in [0.3, 0.4) is 0 Å². The fourth-order valence-electron chi connectivity index (χ4n) is 1.10. The summed E-state index contributed by atoms with van der Waals surface area (Å²) < 4.78 is 0. The molecule has 0 N–H and O–H groups in total. The van der Waals surface area contributed by atoms with Gasteiger partial charge in [0.2, 0.25) is 0 Å². The molecule has 1 nitrogen and oxygen atoms in total. The summed E-state index contributed by atoms with van der Waals surface area (Å²) in [6.45, 7) is 0. The molecule has 0 atom stereocenters. The SMILES string of the molecule is CN(C)c1cccc(Cl)c1CCl. The van der Waals surface area contributed by atoms with Gasteiger partial charge >= 0.3 is 0 Å². The van der Waals surface area contributed by atoms with E-state index in [1.165, 1.54) is 0 Å². The zero-order valence-corrected chi connectivity index (χ0v) is 8.65. The van der Waals surface area contributed by atoms with Gasteiger partial charge in [0.25, 0.3) is 0 Å². The van der Waals surface area contributed by atoms with E-state index in [4.69, 9.17) is 23.2 Å². The van der Waals surface area contributed by atoms with Crippen LogP contribution >= 0.6 is 23.2 Å². The maximum Gasteiger partial charge on any atom is 0.0509 e. The Kier molecular flexibility index (Phi) is 3.24. The van der Waals surface area contributed by atoms with Crippen LogP contribution in [0.2, 0.25) is 5.02 Å². The second-order valence-electron chi connectivity index (χ2n) is 2.77. The van der Waals surface area contributed by atoms with Crippen LogP contribution in [0.4, 0.5) is 5.69 Å². The van der Waals surface area contributed by atoms with Gasteiger partial charge in [0.15, 0.2) is 0 Å². The Bertz CT molecular complexity index is 271. The van der Waals surface area contributed by atoms with Crippen molar-refractivity contribution >= 4 is 28.9 Å². The summed E-state index contributed by atoms with van der Waals surface area (Å²) in [5.41, 5.74) is 2.07. The molecule has 0 saturated carbocycles. The van der Waals surface area contributed by atoms with E-state index in [-0.39, 0.29) is 0 Å². The second kappa shape index (κ2) is 4.01. The van der Waals surface area contributed by atoms with Gasteiger partial charge in [-0.25, -0.2) is 0 Å². The summed E-state index contributed by atoms with van der Waals surface area (Å²) in [4.78, 5) is 2.00. The zero-order valence-electron chi connectivity index (χ0n) is 7.14. The lowest BCUT2D eigenvalue weighted by molar-refractivity contribution is 1.11. The number of anilines is 1. The van der Waals surface area contributed by atoms with E-state index in [0.29, 0.717) is 5.88 Å². The summed E-state index contributed by atoms with van der Waals surface area (Å²) in [6.07, 6.45) is 0. The van der Waals surface area contributed by atoms with Crippen molar-refractivity contribution in [2.75, 3.05) is 19.0 Å². The summed E-state index contributed by atoms with van der Waals surface area (Å²) in [5.74, 6) is 0.452. The Morgan fingerprint density at radius 1 is 1.33 bits per heavy atom. The Morgan fingerprint density at radius 3 is 2.42 bits per heavy atom. The standard InChI is InChI=1S/C9H11Cl2N/c1-12(2)9-5-3-4-8(11)7(9)6-10/h3-5H,6H2,1-2H3. The molecular weight excluding hydrogens is 193 g/mol. The Morgan fingerprint density at radius 2 is 2.00 bits per heavy atom. The van der Waals surface area contributed by atoms with Crippen LogP contribution in [-0.2, 0) is 5.88 Å². The Labute approximate surface area is 82.9 Å². The van der Waals surface area contributed by atoms with Gasteiger partial charge in [-0.05, 0) is 12.1 Å². The first-order valence-corrected chi connectivity index (χ1v) is 4.58. The molecule has 1 rings (SSSR count). The van der Waals surface area contributed by atoms with Gasteiger partial charge in [-0.3, -0.25) is 0 Å². The molecule has 0 bridgehead atoms. The van der Waals surface area contributed by atoms with E-state index in [1.807, 2.05) is 37.2 Å². The predicted octanol–water partition coefficient (Wildman–Crippen LogP) is 3.14. The average Bonchev–Trinajstić information content (AvgIpc) is 2.03. The lowest BCUT2D eigenvalue weighted by atomic mass is 10.2. The molecule has 66 valence electrons. The highest BCUT2D eigenvalue weighted by Crippen LogP contribution is 2.27. The molecule has 0 aliphatic carbocycles. The topological polar surface area (TPSA) is 3.24 Å². The van der Waals surface area contributed by atoms with Crippen LogP contribution in [0.1, 0.15) is 5.56 Å². The molecule has 0 aromatic heterocycles. The third-order valence-corrected chi connectivity index (χ3v) is 2.33. The minimum Gasteiger partial charge on any atom is -0.377 e. The maximum atomic E-state index is 5.96. The predicted molar refractivity (Wildman–Crippen MR) is 55.3 cm³/mol. The molecule has 12 heavy (non-hydrogen) atoms. The molecule has 0 aliphatic heterocycles. The first kappa shape index (κ1) is 9.69. The molecular formula is C9H11Cl2N. The molecule has 1 aromatic carbocycles. The van der Waals surface area contributed by atoms with Crippen molar-refractivity contribution in [2.24, 2.45) is 0 Å². The number of alkyl halides is 1. The smallest absolute Gasteiger partial charge is 0.0509 e. The fourth-order valence-corrected chi connectivity index (χ4v) is 1.68. The summed E-state index contributed by atoms with van der Waals surface area (Å²) in [5, 5.41) is 0.733. The van der Waals surface area contributed by atoms with Gasteiger partial charge in [0.1, 0.15) is 0 Å². The number of hydrogen-bond donors (Lipinski definition) is 0. The average molecular weight is 204 g/mol. The second-order valence-corrected chi connectivity index (χ2v) is 3.44. The van der Waals surface area contributed by atoms with Gasteiger partial charge in [-0.2, -0.15) is 0 Å². The number of rotatable bonds is 2. The normalized spacial score (nSPS) is 10.0. The van der Waals surface area contributed by atoms with E-state index < -0.39 is 0 Å². The van der Waals surface area contributed by atoms with Crippen molar-refractivity contribution in [3.63, 3.8) is 0 Å². The highest BCUT2D eigenvalue weighted by molar-refractivity contribution is 6.32. The van der Waals surface area contributed by atoms with Gasteiger partial charge < -0.3 is 4.90 Å². The monoisotopic (exact) mass is 203 g/mol. The first-order valence-electron chi connectivity index (χ1n) is 3.67. The maximum absolute atomic E-state index is 5.96. The van der Waals surface area contributed by atoms with Crippen molar-refractivity contribution in [1.82, 2.24) is 0 Å². The van der Waals surface area contributed by atoms with Gasteiger partial charge in [0.05, 0.1) is 5.88 Å². The molecule has 0 heterocycles. The highest BCUT2D eigenvalue weighted by atomic mass is 35.5. The third-order valence-electron chi connectivity index (χ3n) is 1.71. The molecule has 0 fully saturated rings. The Balaban J connectivity index is 3.18. The van der Waals surface area contributed by atoms with Crippen molar-refractivity contribution in [1.29, 1.82) is 0 Å². The van der Waals surface area contributed by atoms with Crippen LogP contribution in [0.5, 0.6) is 0 Å². The molecule has 3 heteroatoms. The van der Waals surface area contributed by atoms with Crippen LogP contribution in [0.15, 0.2) is 18.2 Å². The molecule has 0 radical (unpaired) electrons. The quantitative estimate of drug-likeness (QED) is 0.669. The van der Waals surface area contributed by atoms with E-state index in [0.717, 1.165) is 16.3 Å². The third kappa shape index (κ3) is 1.85. The van der Waals surface area contributed by atoms with Crippen molar-refractivity contribution in [2.45, 2.75) is 5.88 Å². The minimum atomic E-state index is 0.452. The number of benzene rings is 1. The zero-order chi connectivity index (χ0) is 9.14. The number of halogens is 2. The largest absolute Gasteiger partial charge is 0.377 e. The van der Waals surface area contributed by atoms with Gasteiger partial charge in [-0.1, -0.05) is 17.7 Å². The van der Waals surface area contributed by atoms with E-state index in [2.05, 4.69) is 0 Å². The van der Waals surface area contributed by atoms with Crippen molar-refractivity contribution in [3.05, 3.63) is 28.8 Å². The molecule has 0 unspecified atom stereocenters. The number of nitrogens with zero attached hydrogens (tertiary/aromatic N) is 1. The molecule has 0 saturated heterocycles. The molecule has 0 spiro atoms. The summed E-state index contributed by atoms with van der Waals surface area (Å²) >= 11 is 11.7. The highest BCUT2D eigenvalue weighted by Gasteiger charge is 2.06. The summed E-state index contributed by atoms with van der Waals surface area (Å²) in [7, 11) is 3.95. The summed E-state index contributed by atoms with van der Waals surface area (Å²) in [6, 6.07) is 5.78. The van der Waals surface area contributed by atoms with E-state index in [1.54, 1.807) is 0 Å².